The Morgan fingerprint density at radius 3 is 2.38 bits per heavy atom. The van der Waals surface area contributed by atoms with E-state index in [-0.39, 0.29) is 22.7 Å². The molecule has 0 atom stereocenters. The largest absolute Gasteiger partial charge is 0.475 e. The Morgan fingerprint density at radius 1 is 1.43 bits per heavy atom. The number of carbonyl (C=O) groups is 1. The molecule has 0 radical (unpaired) electrons. The van der Waals surface area contributed by atoms with E-state index in [1.165, 1.54) is 0 Å². The van der Waals surface area contributed by atoms with Crippen molar-refractivity contribution in [1.82, 2.24) is 4.72 Å². The van der Waals surface area contributed by atoms with E-state index >= 15 is 0 Å². The quantitative estimate of drug-likeness (QED) is 0.630. The number of carboxylic acids is 1. The number of hydrogen-bond acceptors (Lipinski definition) is 5. The summed E-state index contributed by atoms with van der Waals surface area (Å²) < 4.78 is 31.5. The van der Waals surface area contributed by atoms with Gasteiger partial charge in [-0.25, -0.2) is 17.9 Å². The molecule has 0 saturated carbocycles. The van der Waals surface area contributed by atoms with Crippen LogP contribution < -0.4 is 4.72 Å². The van der Waals surface area contributed by atoms with Gasteiger partial charge in [-0.3, -0.25) is 0 Å². The number of carboxylic acid groups (broad SMARTS) is 1. The molecule has 0 saturated heterocycles. The Labute approximate surface area is 131 Å². The first-order chi connectivity index (χ1) is 9.71. The first kappa shape index (κ1) is 18.1. The molecule has 0 amide bonds. The minimum Gasteiger partial charge on any atom is -0.475 e. The van der Waals surface area contributed by atoms with Gasteiger partial charge in [-0.1, -0.05) is 13.8 Å². The second-order valence-electron chi connectivity index (χ2n) is 4.74. The fraction of sp³-hybridized carbons (Fsp3) is 0.583. The van der Waals surface area contributed by atoms with Gasteiger partial charge in [-0.05, 0) is 28.8 Å². The third-order valence-electron chi connectivity index (χ3n) is 3.63. The van der Waals surface area contributed by atoms with Gasteiger partial charge in [0.05, 0.1) is 0 Å². The predicted octanol–water partition coefficient (Wildman–Crippen LogP) is 1.82. The van der Waals surface area contributed by atoms with Crippen molar-refractivity contribution in [1.29, 1.82) is 0 Å². The van der Waals surface area contributed by atoms with Crippen molar-refractivity contribution in [3.05, 3.63) is 16.5 Å². The molecule has 0 aliphatic rings. The molecule has 0 spiro atoms. The molecule has 1 rings (SSSR count). The average Bonchev–Trinajstić information content (AvgIpc) is 2.84. The van der Waals surface area contributed by atoms with E-state index in [2.05, 4.69) is 20.7 Å². The molecule has 7 nitrogen and oxygen atoms in total. The molecule has 3 N–H and O–H groups in total. The van der Waals surface area contributed by atoms with E-state index in [9.17, 15) is 18.3 Å². The molecule has 21 heavy (non-hydrogen) atoms. The van der Waals surface area contributed by atoms with Gasteiger partial charge in [0.2, 0.25) is 15.8 Å². The number of aliphatic hydroxyl groups is 1. The van der Waals surface area contributed by atoms with E-state index in [0.29, 0.717) is 12.8 Å². The highest BCUT2D eigenvalue weighted by Crippen LogP contribution is 2.28. The lowest BCUT2D eigenvalue weighted by atomic mass is 9.84. The molecule has 120 valence electrons. The van der Waals surface area contributed by atoms with Crippen LogP contribution in [0.1, 0.15) is 37.2 Å². The zero-order valence-corrected chi connectivity index (χ0v) is 14.1. The SMILES string of the molecule is CCC(CC)(CO)CNS(=O)(=O)c1cc(C(=O)O)oc1Br. The predicted molar refractivity (Wildman–Crippen MR) is 78.7 cm³/mol. The lowest BCUT2D eigenvalue weighted by Crippen LogP contribution is -2.39. The molecule has 0 unspecified atom stereocenters. The van der Waals surface area contributed by atoms with Crippen molar-refractivity contribution in [2.45, 2.75) is 31.6 Å². The molecule has 0 fully saturated rings. The summed E-state index contributed by atoms with van der Waals surface area (Å²) in [7, 11) is -3.93. The summed E-state index contributed by atoms with van der Waals surface area (Å²) in [6, 6.07) is 0.938. The zero-order chi connectivity index (χ0) is 16.3. The Morgan fingerprint density at radius 2 is 2.00 bits per heavy atom. The fourth-order valence-corrected chi connectivity index (χ4v) is 3.84. The maximum absolute atomic E-state index is 12.2. The topological polar surface area (TPSA) is 117 Å². The normalized spacial score (nSPS) is 12.6. The van der Waals surface area contributed by atoms with E-state index < -0.39 is 27.2 Å². The van der Waals surface area contributed by atoms with Gasteiger partial charge < -0.3 is 14.6 Å². The van der Waals surface area contributed by atoms with E-state index in [1.54, 1.807) is 0 Å². The smallest absolute Gasteiger partial charge is 0.371 e. The number of sulfonamides is 1. The van der Waals surface area contributed by atoms with Crippen LogP contribution >= 0.6 is 15.9 Å². The summed E-state index contributed by atoms with van der Waals surface area (Å²) in [6.45, 7) is 3.64. The van der Waals surface area contributed by atoms with Crippen LogP contribution in [0.15, 0.2) is 20.0 Å². The van der Waals surface area contributed by atoms with Crippen LogP contribution in [0, 0.1) is 5.41 Å². The number of aromatic carboxylic acids is 1. The molecule has 0 bridgehead atoms. The Balaban J connectivity index is 3.00. The standard InChI is InChI=1S/C12H18BrNO6S/c1-3-12(4-2,7-15)6-14-21(18,19)9-5-8(11(16)17)20-10(9)13/h5,14-15H,3-4,6-7H2,1-2H3,(H,16,17). The van der Waals surface area contributed by atoms with Crippen molar-refractivity contribution in [2.75, 3.05) is 13.2 Å². The van der Waals surface area contributed by atoms with Crippen LogP contribution in [0.4, 0.5) is 0 Å². The van der Waals surface area contributed by atoms with Crippen LogP contribution in [0.2, 0.25) is 0 Å². The van der Waals surface area contributed by atoms with Crippen molar-refractivity contribution in [3.8, 4) is 0 Å². The van der Waals surface area contributed by atoms with Crippen LogP contribution in [0.3, 0.4) is 0 Å². The monoisotopic (exact) mass is 383 g/mol. The number of hydrogen-bond donors (Lipinski definition) is 3. The van der Waals surface area contributed by atoms with Crippen molar-refractivity contribution in [2.24, 2.45) is 5.41 Å². The molecule has 0 aliphatic carbocycles. The fourth-order valence-electron chi connectivity index (χ4n) is 1.75. The third-order valence-corrected chi connectivity index (χ3v) is 5.89. The van der Waals surface area contributed by atoms with Gasteiger partial charge >= 0.3 is 5.97 Å². The van der Waals surface area contributed by atoms with Crippen LogP contribution in [0.25, 0.3) is 0 Å². The number of halogens is 1. The number of aliphatic hydroxyl groups excluding tert-OH is 1. The Bertz CT molecular complexity index is 597. The summed E-state index contributed by atoms with van der Waals surface area (Å²) in [5.74, 6) is -1.83. The van der Waals surface area contributed by atoms with Crippen molar-refractivity contribution >= 4 is 31.9 Å². The molecule has 1 aromatic heterocycles. The molecular formula is C12H18BrNO6S. The highest BCUT2D eigenvalue weighted by Gasteiger charge is 2.30. The molecular weight excluding hydrogens is 366 g/mol. The maximum atomic E-state index is 12.2. The van der Waals surface area contributed by atoms with Gasteiger partial charge in [0, 0.05) is 24.6 Å². The minimum absolute atomic E-state index is 0.0544. The Hall–Kier alpha value is -0.900. The number of nitrogens with one attached hydrogen (secondary N) is 1. The van der Waals surface area contributed by atoms with Crippen LogP contribution in [-0.4, -0.2) is 37.8 Å². The summed E-state index contributed by atoms with van der Waals surface area (Å²) in [5, 5.41) is 18.2. The van der Waals surface area contributed by atoms with E-state index in [4.69, 9.17) is 9.52 Å². The molecule has 0 aliphatic heterocycles. The van der Waals surface area contributed by atoms with Crippen molar-refractivity contribution < 1.29 is 27.8 Å². The van der Waals surface area contributed by atoms with Gasteiger partial charge in [-0.2, -0.15) is 0 Å². The first-order valence-electron chi connectivity index (χ1n) is 6.34. The van der Waals surface area contributed by atoms with Gasteiger partial charge in [0.15, 0.2) is 4.67 Å². The Kier molecular flexibility index (Phi) is 5.97. The number of furan rings is 1. The average molecular weight is 384 g/mol. The zero-order valence-electron chi connectivity index (χ0n) is 11.7. The minimum atomic E-state index is -3.93. The van der Waals surface area contributed by atoms with Crippen LogP contribution in [0.5, 0.6) is 0 Å². The maximum Gasteiger partial charge on any atom is 0.371 e. The van der Waals surface area contributed by atoms with Crippen LogP contribution in [-0.2, 0) is 10.0 Å². The summed E-state index contributed by atoms with van der Waals surface area (Å²) in [5.41, 5.74) is -0.543. The molecule has 9 heteroatoms. The second kappa shape index (κ2) is 6.91. The van der Waals surface area contributed by atoms with Gasteiger partial charge in [-0.15, -0.1) is 0 Å². The highest BCUT2D eigenvalue weighted by molar-refractivity contribution is 9.10. The summed E-state index contributed by atoms with van der Waals surface area (Å²) >= 11 is 2.89. The second-order valence-corrected chi connectivity index (χ2v) is 7.20. The molecule has 1 heterocycles. The summed E-state index contributed by atoms with van der Waals surface area (Å²) in [6.07, 6.45) is 1.21. The third kappa shape index (κ3) is 4.06. The van der Waals surface area contributed by atoms with Gasteiger partial charge in [0.25, 0.3) is 0 Å². The van der Waals surface area contributed by atoms with E-state index in [1.807, 2.05) is 13.8 Å². The summed E-state index contributed by atoms with van der Waals surface area (Å²) in [4.78, 5) is 10.5. The lowest BCUT2D eigenvalue weighted by Gasteiger charge is -2.29. The lowest BCUT2D eigenvalue weighted by molar-refractivity contribution is 0.0661. The number of rotatable bonds is 8. The highest BCUT2D eigenvalue weighted by atomic mass is 79.9. The molecule has 0 aromatic carbocycles. The van der Waals surface area contributed by atoms with Crippen molar-refractivity contribution in [3.63, 3.8) is 0 Å². The molecule has 1 aromatic rings. The van der Waals surface area contributed by atoms with Gasteiger partial charge in [0.1, 0.15) is 4.90 Å². The first-order valence-corrected chi connectivity index (χ1v) is 8.62. The van der Waals surface area contributed by atoms with E-state index in [0.717, 1.165) is 6.07 Å².